The summed E-state index contributed by atoms with van der Waals surface area (Å²) in [5, 5.41) is 7.46. The van der Waals surface area contributed by atoms with E-state index < -0.39 is 0 Å². The Kier molecular flexibility index (Phi) is 5.17. The molecule has 0 spiro atoms. The van der Waals surface area contributed by atoms with E-state index in [9.17, 15) is 9.18 Å². The van der Waals surface area contributed by atoms with Crippen molar-refractivity contribution in [3.63, 3.8) is 0 Å². The second-order valence-corrected chi connectivity index (χ2v) is 7.64. The number of nitrogens with zero attached hydrogens (tertiary/aromatic N) is 3. The van der Waals surface area contributed by atoms with Crippen LogP contribution >= 0.6 is 0 Å². The molecule has 5 rings (SSSR count). The highest BCUT2D eigenvalue weighted by molar-refractivity contribution is 5.89. The first-order chi connectivity index (χ1) is 15.7. The molecule has 3 N–H and O–H groups in total. The van der Waals surface area contributed by atoms with Gasteiger partial charge in [0.15, 0.2) is 5.82 Å². The fourth-order valence-electron chi connectivity index (χ4n) is 4.03. The van der Waals surface area contributed by atoms with Crippen molar-refractivity contribution >= 4 is 10.9 Å². The highest BCUT2D eigenvalue weighted by Crippen LogP contribution is 2.29. The van der Waals surface area contributed by atoms with Crippen LogP contribution in [0.2, 0.25) is 0 Å². The summed E-state index contributed by atoms with van der Waals surface area (Å²) in [5.74, 6) is 0.109. The molecular weight excluding hydrogens is 405 g/mol. The number of benzene rings is 3. The van der Waals surface area contributed by atoms with Gasteiger partial charge in [-0.25, -0.2) is 18.9 Å². The van der Waals surface area contributed by atoms with Crippen LogP contribution in [0.1, 0.15) is 6.42 Å². The molecule has 7 heteroatoms. The predicted molar refractivity (Wildman–Crippen MR) is 124 cm³/mol. The van der Waals surface area contributed by atoms with Crippen molar-refractivity contribution in [2.45, 2.75) is 13.0 Å². The molecule has 0 atom stereocenters. The molecule has 0 radical (unpaired) electrons. The monoisotopic (exact) mass is 427 g/mol. The van der Waals surface area contributed by atoms with Gasteiger partial charge in [0.1, 0.15) is 5.82 Å². The summed E-state index contributed by atoms with van der Waals surface area (Å²) in [6.07, 6.45) is 2.63. The number of aryl methyl sites for hydroxylation is 1. The van der Waals surface area contributed by atoms with Crippen LogP contribution in [0.3, 0.4) is 0 Å². The second-order valence-electron chi connectivity index (χ2n) is 7.64. The van der Waals surface area contributed by atoms with E-state index >= 15 is 0 Å². The predicted octanol–water partition coefficient (Wildman–Crippen LogP) is 4.34. The molecule has 0 amide bonds. The summed E-state index contributed by atoms with van der Waals surface area (Å²) in [6.45, 7) is 1.22. The van der Waals surface area contributed by atoms with E-state index in [0.29, 0.717) is 30.0 Å². The molecule has 0 bridgehead atoms. The molecule has 0 saturated heterocycles. The average Bonchev–Trinajstić information content (AvgIpc) is 3.38. The Balaban J connectivity index is 1.63. The zero-order valence-electron chi connectivity index (χ0n) is 17.3. The van der Waals surface area contributed by atoms with E-state index in [0.717, 1.165) is 28.6 Å². The number of rotatable bonds is 6. The molecular formula is C25H22FN5O. The van der Waals surface area contributed by atoms with Gasteiger partial charge in [0.05, 0.1) is 11.2 Å². The first-order valence-electron chi connectivity index (χ1n) is 10.5. The van der Waals surface area contributed by atoms with Gasteiger partial charge in [-0.2, -0.15) is 5.10 Å². The third-order valence-electron chi connectivity index (χ3n) is 5.59. The number of H-pyrrole nitrogens is 1. The van der Waals surface area contributed by atoms with Crippen LogP contribution in [-0.2, 0) is 6.54 Å². The molecule has 160 valence electrons. The normalized spacial score (nSPS) is 11.3. The van der Waals surface area contributed by atoms with Gasteiger partial charge in [-0.05, 0) is 42.3 Å². The Morgan fingerprint density at radius 1 is 0.938 bits per heavy atom. The lowest BCUT2D eigenvalue weighted by atomic mass is 10.0. The molecule has 5 aromatic rings. The lowest BCUT2D eigenvalue weighted by Crippen LogP contribution is -2.15. The quantitative estimate of drug-likeness (QED) is 0.423. The SMILES string of the molecule is NCCCn1cc(-n2c(-c3ccc(-c4ccccc4)cc3)n[nH]c2=O)c2cc(F)ccc21. The van der Waals surface area contributed by atoms with Gasteiger partial charge in [0.2, 0.25) is 0 Å². The summed E-state index contributed by atoms with van der Waals surface area (Å²) in [5.41, 5.74) is 9.68. The van der Waals surface area contributed by atoms with Crippen molar-refractivity contribution in [1.29, 1.82) is 0 Å². The minimum atomic E-state index is -0.380. The van der Waals surface area contributed by atoms with Crippen molar-refractivity contribution in [3.8, 4) is 28.2 Å². The van der Waals surface area contributed by atoms with Crippen LogP contribution in [0.5, 0.6) is 0 Å². The summed E-state index contributed by atoms with van der Waals surface area (Å²) in [7, 11) is 0. The van der Waals surface area contributed by atoms with Crippen molar-refractivity contribution in [3.05, 3.63) is 95.3 Å². The van der Waals surface area contributed by atoms with Crippen LogP contribution in [0.4, 0.5) is 4.39 Å². The zero-order valence-corrected chi connectivity index (χ0v) is 17.3. The second kappa shape index (κ2) is 8.28. The summed E-state index contributed by atoms with van der Waals surface area (Å²) < 4.78 is 17.6. The first-order valence-corrected chi connectivity index (χ1v) is 10.5. The lowest BCUT2D eigenvalue weighted by Gasteiger charge is -2.06. The average molecular weight is 427 g/mol. The zero-order chi connectivity index (χ0) is 22.1. The van der Waals surface area contributed by atoms with E-state index in [1.165, 1.54) is 16.7 Å². The van der Waals surface area contributed by atoms with Gasteiger partial charge < -0.3 is 10.3 Å². The summed E-state index contributed by atoms with van der Waals surface area (Å²) in [4.78, 5) is 12.8. The maximum atomic E-state index is 14.1. The maximum absolute atomic E-state index is 14.1. The number of hydrogen-bond donors (Lipinski definition) is 2. The third-order valence-corrected chi connectivity index (χ3v) is 5.59. The number of halogens is 1. The van der Waals surface area contributed by atoms with E-state index in [1.54, 1.807) is 6.07 Å². The molecule has 0 aliphatic rings. The van der Waals surface area contributed by atoms with Crippen LogP contribution < -0.4 is 11.4 Å². The van der Waals surface area contributed by atoms with Crippen molar-refractivity contribution in [2.24, 2.45) is 5.73 Å². The van der Waals surface area contributed by atoms with E-state index in [1.807, 2.05) is 65.4 Å². The molecule has 0 aliphatic carbocycles. The Morgan fingerprint density at radius 2 is 1.66 bits per heavy atom. The highest BCUT2D eigenvalue weighted by Gasteiger charge is 2.18. The number of aromatic nitrogens is 4. The fraction of sp³-hybridized carbons (Fsp3) is 0.120. The molecule has 3 aromatic carbocycles. The number of aromatic amines is 1. The number of fused-ring (bicyclic) bond motifs is 1. The molecule has 2 aromatic heterocycles. The lowest BCUT2D eigenvalue weighted by molar-refractivity contribution is 0.629. The van der Waals surface area contributed by atoms with Gasteiger partial charge in [0, 0.05) is 23.7 Å². The van der Waals surface area contributed by atoms with E-state index in [-0.39, 0.29) is 11.5 Å². The summed E-state index contributed by atoms with van der Waals surface area (Å²) >= 11 is 0. The standard InChI is InChI=1S/C25H22FN5O/c26-20-11-12-22-21(15-20)23(16-30(22)14-4-13-27)31-24(28-29-25(31)32)19-9-7-18(8-10-19)17-5-2-1-3-6-17/h1-3,5-12,15-16H,4,13-14,27H2,(H,29,32). The fourth-order valence-corrected chi connectivity index (χ4v) is 4.03. The Labute approximate surface area is 183 Å². The van der Waals surface area contributed by atoms with Gasteiger partial charge in [-0.3, -0.25) is 0 Å². The molecule has 6 nitrogen and oxygen atoms in total. The Hall–Kier alpha value is -3.97. The molecule has 0 aliphatic heterocycles. The topological polar surface area (TPSA) is 81.6 Å². The number of nitrogens with one attached hydrogen (secondary N) is 1. The molecule has 32 heavy (non-hydrogen) atoms. The first kappa shape index (κ1) is 20.0. The van der Waals surface area contributed by atoms with Crippen molar-refractivity contribution in [1.82, 2.24) is 19.3 Å². The highest BCUT2D eigenvalue weighted by atomic mass is 19.1. The molecule has 0 unspecified atom stereocenters. The van der Waals surface area contributed by atoms with Gasteiger partial charge >= 0.3 is 5.69 Å². The molecule has 0 fully saturated rings. The maximum Gasteiger partial charge on any atom is 0.348 e. The third kappa shape index (κ3) is 3.52. The van der Waals surface area contributed by atoms with Gasteiger partial charge in [0.25, 0.3) is 0 Å². The number of hydrogen-bond acceptors (Lipinski definition) is 3. The van der Waals surface area contributed by atoms with Crippen LogP contribution in [0, 0.1) is 5.82 Å². The number of nitrogens with two attached hydrogens (primary N) is 1. The smallest absolute Gasteiger partial charge is 0.345 e. The van der Waals surface area contributed by atoms with Crippen LogP contribution in [0.25, 0.3) is 39.1 Å². The minimum absolute atomic E-state index is 0.361. The van der Waals surface area contributed by atoms with E-state index in [4.69, 9.17) is 5.73 Å². The Bertz CT molecular complexity index is 1430. The van der Waals surface area contributed by atoms with E-state index in [2.05, 4.69) is 10.2 Å². The van der Waals surface area contributed by atoms with Gasteiger partial charge in [-0.1, -0.05) is 54.6 Å². The van der Waals surface area contributed by atoms with Crippen molar-refractivity contribution in [2.75, 3.05) is 6.54 Å². The molecule has 2 heterocycles. The van der Waals surface area contributed by atoms with Crippen LogP contribution in [0.15, 0.2) is 83.8 Å². The van der Waals surface area contributed by atoms with Crippen LogP contribution in [-0.4, -0.2) is 25.9 Å². The Morgan fingerprint density at radius 3 is 2.41 bits per heavy atom. The van der Waals surface area contributed by atoms with Crippen molar-refractivity contribution < 1.29 is 4.39 Å². The summed E-state index contributed by atoms with van der Waals surface area (Å²) in [6, 6.07) is 22.5. The van der Waals surface area contributed by atoms with Gasteiger partial charge in [-0.15, -0.1) is 0 Å². The molecule has 0 saturated carbocycles. The minimum Gasteiger partial charge on any atom is -0.345 e. The largest absolute Gasteiger partial charge is 0.348 e.